The lowest BCUT2D eigenvalue weighted by Gasteiger charge is -2.40. The van der Waals surface area contributed by atoms with Crippen LogP contribution in [0.5, 0.6) is 11.5 Å². The fraction of sp³-hybridized carbons (Fsp3) is 0.333. The van der Waals surface area contributed by atoms with E-state index in [1.165, 1.54) is 14.2 Å². The number of anilines is 1. The van der Waals surface area contributed by atoms with Gasteiger partial charge in [-0.2, -0.15) is 13.2 Å². The number of carbonyl (C=O) groups is 1. The zero-order valence-corrected chi connectivity index (χ0v) is 14.7. The van der Waals surface area contributed by atoms with Gasteiger partial charge >= 0.3 is 6.18 Å². The van der Waals surface area contributed by atoms with E-state index < -0.39 is 11.7 Å². The zero-order valence-electron chi connectivity index (χ0n) is 14.7. The largest absolute Gasteiger partial charge is 0.493 e. The molecule has 6 nitrogen and oxygen atoms in total. The highest BCUT2D eigenvalue weighted by molar-refractivity contribution is 5.98. The molecule has 2 aromatic rings. The van der Waals surface area contributed by atoms with E-state index in [0.717, 1.165) is 18.3 Å². The molecule has 0 bridgehead atoms. The molecule has 0 unspecified atom stereocenters. The molecule has 3 rings (SSSR count). The first-order chi connectivity index (χ1) is 12.8. The maximum Gasteiger partial charge on any atom is 0.416 e. The summed E-state index contributed by atoms with van der Waals surface area (Å²) in [5.41, 5.74) is -0.423. The number of halogens is 3. The van der Waals surface area contributed by atoms with Crippen molar-refractivity contribution in [3.63, 3.8) is 0 Å². The molecular weight excluding hydrogens is 363 g/mol. The number of pyridine rings is 1. The molecule has 1 aliphatic rings. The number of methoxy groups -OCH3 is 2. The van der Waals surface area contributed by atoms with Crippen molar-refractivity contribution in [1.82, 2.24) is 10.3 Å². The lowest BCUT2D eigenvalue weighted by Crippen LogP contribution is -2.59. The van der Waals surface area contributed by atoms with Crippen molar-refractivity contribution in [3.8, 4) is 11.5 Å². The smallest absolute Gasteiger partial charge is 0.416 e. The van der Waals surface area contributed by atoms with E-state index >= 15 is 0 Å². The van der Waals surface area contributed by atoms with Gasteiger partial charge in [0.1, 0.15) is 5.82 Å². The van der Waals surface area contributed by atoms with Crippen LogP contribution in [0.25, 0.3) is 0 Å². The topological polar surface area (TPSA) is 63.7 Å². The van der Waals surface area contributed by atoms with Crippen LogP contribution < -0.4 is 19.7 Å². The number of para-hydroxylation sites is 1. The van der Waals surface area contributed by atoms with Gasteiger partial charge in [-0.3, -0.25) is 4.79 Å². The molecule has 2 heterocycles. The third-order valence-electron chi connectivity index (χ3n) is 4.26. The van der Waals surface area contributed by atoms with E-state index in [-0.39, 0.29) is 17.8 Å². The summed E-state index contributed by atoms with van der Waals surface area (Å²) in [5.74, 6) is 0.656. The second-order valence-electron chi connectivity index (χ2n) is 6.02. The Morgan fingerprint density at radius 3 is 2.59 bits per heavy atom. The van der Waals surface area contributed by atoms with Crippen LogP contribution in [-0.4, -0.2) is 44.2 Å². The van der Waals surface area contributed by atoms with Gasteiger partial charge in [0.05, 0.1) is 31.4 Å². The molecule has 0 saturated carbocycles. The highest BCUT2D eigenvalue weighted by Crippen LogP contribution is 2.32. The molecule has 144 valence electrons. The predicted molar refractivity (Wildman–Crippen MR) is 92.3 cm³/mol. The van der Waals surface area contributed by atoms with Crippen molar-refractivity contribution < 1.29 is 27.4 Å². The highest BCUT2D eigenvalue weighted by atomic mass is 19.4. The molecule has 1 amide bonds. The maximum atomic E-state index is 12.8. The van der Waals surface area contributed by atoms with Gasteiger partial charge in [0.2, 0.25) is 0 Å². The molecule has 1 saturated heterocycles. The van der Waals surface area contributed by atoms with Gasteiger partial charge in [0.15, 0.2) is 11.5 Å². The Labute approximate surface area is 153 Å². The summed E-state index contributed by atoms with van der Waals surface area (Å²) in [5, 5.41) is 2.84. The molecule has 1 aromatic heterocycles. The molecule has 1 aromatic carbocycles. The molecule has 9 heteroatoms. The molecule has 0 aliphatic carbocycles. The number of ether oxygens (including phenoxy) is 2. The normalized spacial score (nSPS) is 14.5. The fourth-order valence-electron chi connectivity index (χ4n) is 2.85. The minimum absolute atomic E-state index is 0.204. The van der Waals surface area contributed by atoms with Crippen molar-refractivity contribution in [3.05, 3.63) is 47.7 Å². The van der Waals surface area contributed by atoms with Crippen LogP contribution in [0.15, 0.2) is 36.5 Å². The number of hydrogen-bond donors (Lipinski definition) is 1. The van der Waals surface area contributed by atoms with Crippen molar-refractivity contribution in [2.45, 2.75) is 12.2 Å². The monoisotopic (exact) mass is 381 g/mol. The summed E-state index contributed by atoms with van der Waals surface area (Å²) in [7, 11) is 2.92. The number of carbonyl (C=O) groups excluding carboxylic acids is 1. The third kappa shape index (κ3) is 3.91. The number of hydrogen-bond acceptors (Lipinski definition) is 5. The Morgan fingerprint density at radius 2 is 1.96 bits per heavy atom. The third-order valence-corrected chi connectivity index (χ3v) is 4.26. The number of amides is 1. The summed E-state index contributed by atoms with van der Waals surface area (Å²) in [6.07, 6.45) is -3.29. The maximum absolute atomic E-state index is 12.8. The quantitative estimate of drug-likeness (QED) is 0.863. The molecule has 27 heavy (non-hydrogen) atoms. The Hall–Kier alpha value is -2.97. The molecule has 0 radical (unpaired) electrons. The minimum Gasteiger partial charge on any atom is -0.493 e. The van der Waals surface area contributed by atoms with Crippen LogP contribution in [0.2, 0.25) is 0 Å². The second kappa shape index (κ2) is 7.34. The van der Waals surface area contributed by atoms with E-state index in [4.69, 9.17) is 9.47 Å². The standard InChI is InChI=1S/C18H18F3N3O3/c1-26-14-5-3-4-13(16(14)27-2)17(25)23-12-9-24(10-12)15-8-11(6-7-22-15)18(19,20)21/h3-8,12H,9-10H2,1-2H3,(H,23,25). The van der Waals surface area contributed by atoms with Crippen LogP contribution in [0, 0.1) is 0 Å². The number of alkyl halides is 3. The minimum atomic E-state index is -4.42. The highest BCUT2D eigenvalue weighted by Gasteiger charge is 2.34. The van der Waals surface area contributed by atoms with Gasteiger partial charge < -0.3 is 19.7 Å². The van der Waals surface area contributed by atoms with Gasteiger partial charge in [-0.15, -0.1) is 0 Å². The molecule has 1 fully saturated rings. The van der Waals surface area contributed by atoms with Gasteiger partial charge in [-0.25, -0.2) is 4.98 Å². The van der Waals surface area contributed by atoms with Gasteiger partial charge in [-0.05, 0) is 24.3 Å². The van der Waals surface area contributed by atoms with Crippen LogP contribution in [0.1, 0.15) is 15.9 Å². The van der Waals surface area contributed by atoms with E-state index in [0.29, 0.717) is 30.2 Å². The SMILES string of the molecule is COc1cccc(C(=O)NC2CN(c3cc(C(F)(F)F)ccn3)C2)c1OC. The number of nitrogens with one attached hydrogen (secondary N) is 1. The Kier molecular flexibility index (Phi) is 5.11. The zero-order chi connectivity index (χ0) is 19.6. The van der Waals surface area contributed by atoms with Crippen LogP contribution in [0.4, 0.5) is 19.0 Å². The lowest BCUT2D eigenvalue weighted by molar-refractivity contribution is -0.137. The summed E-state index contributed by atoms with van der Waals surface area (Å²) in [6, 6.07) is 6.70. The van der Waals surface area contributed by atoms with Gasteiger partial charge in [0.25, 0.3) is 5.91 Å². The summed E-state index contributed by atoms with van der Waals surface area (Å²) in [4.78, 5) is 18.1. The average Bonchev–Trinajstić information content (AvgIpc) is 2.62. The van der Waals surface area contributed by atoms with Gasteiger partial charge in [0, 0.05) is 19.3 Å². The summed E-state index contributed by atoms with van der Waals surface area (Å²) >= 11 is 0. The number of nitrogens with zero attached hydrogens (tertiary/aromatic N) is 2. The van der Waals surface area contributed by atoms with Crippen molar-refractivity contribution in [1.29, 1.82) is 0 Å². The van der Waals surface area contributed by atoms with E-state index in [1.54, 1.807) is 23.1 Å². The predicted octanol–water partition coefficient (Wildman–Crippen LogP) is 2.74. The first-order valence-corrected chi connectivity index (χ1v) is 8.13. The van der Waals surface area contributed by atoms with Crippen molar-refractivity contribution in [2.24, 2.45) is 0 Å². The average molecular weight is 381 g/mol. The molecule has 1 aliphatic heterocycles. The van der Waals surface area contributed by atoms with Crippen molar-refractivity contribution in [2.75, 3.05) is 32.2 Å². The Balaban J connectivity index is 1.64. The summed E-state index contributed by atoms with van der Waals surface area (Å²) < 4.78 is 48.8. The van der Waals surface area contributed by atoms with Crippen LogP contribution >= 0.6 is 0 Å². The lowest BCUT2D eigenvalue weighted by atomic mass is 10.1. The molecule has 0 spiro atoms. The molecule has 0 atom stereocenters. The van der Waals surface area contributed by atoms with Gasteiger partial charge in [-0.1, -0.05) is 6.07 Å². The second-order valence-corrected chi connectivity index (χ2v) is 6.02. The number of benzene rings is 1. The van der Waals surface area contributed by atoms with Crippen LogP contribution in [-0.2, 0) is 6.18 Å². The van der Waals surface area contributed by atoms with E-state index in [2.05, 4.69) is 10.3 Å². The fourth-order valence-corrected chi connectivity index (χ4v) is 2.85. The van der Waals surface area contributed by atoms with Crippen LogP contribution in [0.3, 0.4) is 0 Å². The molecular formula is C18H18F3N3O3. The first-order valence-electron chi connectivity index (χ1n) is 8.13. The summed E-state index contributed by atoms with van der Waals surface area (Å²) in [6.45, 7) is 0.735. The number of rotatable bonds is 5. The Bertz CT molecular complexity index is 836. The van der Waals surface area contributed by atoms with E-state index in [9.17, 15) is 18.0 Å². The van der Waals surface area contributed by atoms with Crippen molar-refractivity contribution >= 4 is 11.7 Å². The number of aromatic nitrogens is 1. The molecule has 1 N–H and O–H groups in total. The first kappa shape index (κ1) is 18.8. The Morgan fingerprint density at radius 1 is 1.22 bits per heavy atom. The van der Waals surface area contributed by atoms with E-state index in [1.807, 2.05) is 0 Å².